The standard InChI is InChI=1S/C9H8F2N2.C9H6F2O/c10-7-3-6(4-8(11)5-7)9-1-2-12-13-9;10-8-4-7(2-1-3-12)5-9(11)6-8/h2-5,9,13H,1H2;1-6H/b;2-1+. The Morgan fingerprint density at radius 1 is 0.920 bits per heavy atom. The fraction of sp³-hybridized carbons (Fsp3) is 0.111. The molecule has 0 saturated carbocycles. The van der Waals surface area contributed by atoms with E-state index in [0.29, 0.717) is 23.8 Å². The monoisotopic (exact) mass is 350 g/mol. The molecule has 0 radical (unpaired) electrons. The molecule has 25 heavy (non-hydrogen) atoms. The van der Waals surface area contributed by atoms with Crippen molar-refractivity contribution in [3.8, 4) is 0 Å². The maximum Gasteiger partial charge on any atom is 0.142 e. The Hall–Kier alpha value is -2.96. The summed E-state index contributed by atoms with van der Waals surface area (Å²) >= 11 is 0. The number of allylic oxidation sites excluding steroid dienone is 1. The van der Waals surface area contributed by atoms with Crippen LogP contribution in [0.15, 0.2) is 47.6 Å². The molecule has 1 aliphatic heterocycles. The molecule has 0 amide bonds. The number of nitrogens with zero attached hydrogens (tertiary/aromatic N) is 1. The normalized spacial score (nSPS) is 15.6. The van der Waals surface area contributed by atoms with Gasteiger partial charge in [-0.05, 0) is 41.5 Å². The highest BCUT2D eigenvalue weighted by atomic mass is 19.1. The number of hydrogen-bond acceptors (Lipinski definition) is 3. The average molecular weight is 350 g/mol. The molecule has 1 unspecified atom stereocenters. The fourth-order valence-electron chi connectivity index (χ4n) is 2.16. The summed E-state index contributed by atoms with van der Waals surface area (Å²) < 4.78 is 50.5. The van der Waals surface area contributed by atoms with Gasteiger partial charge >= 0.3 is 0 Å². The summed E-state index contributed by atoms with van der Waals surface area (Å²) in [6, 6.07) is 6.46. The van der Waals surface area contributed by atoms with Gasteiger partial charge in [0.05, 0.1) is 6.04 Å². The summed E-state index contributed by atoms with van der Waals surface area (Å²) in [6.45, 7) is 0. The lowest BCUT2D eigenvalue weighted by Gasteiger charge is -2.09. The Bertz CT molecular complexity index is 757. The molecular weight excluding hydrogens is 336 g/mol. The summed E-state index contributed by atoms with van der Waals surface area (Å²) in [7, 11) is 0. The molecular formula is C18H14F4N2O. The van der Waals surface area contributed by atoms with Gasteiger partial charge in [-0.25, -0.2) is 17.6 Å². The Morgan fingerprint density at radius 2 is 1.48 bits per heavy atom. The molecule has 0 aliphatic carbocycles. The Labute approximate surface area is 141 Å². The quantitative estimate of drug-likeness (QED) is 0.513. The van der Waals surface area contributed by atoms with Gasteiger partial charge in [0.1, 0.15) is 29.6 Å². The molecule has 2 aromatic carbocycles. The summed E-state index contributed by atoms with van der Waals surface area (Å²) in [5, 5.41) is 3.78. The molecule has 0 saturated heterocycles. The van der Waals surface area contributed by atoms with Gasteiger partial charge in [0.25, 0.3) is 0 Å². The number of halogens is 4. The Balaban J connectivity index is 0.000000181. The SMILES string of the molecule is Fc1cc(F)cc(C2CC=NN2)c1.O=C/C=C/c1cc(F)cc(F)c1. The largest absolute Gasteiger partial charge is 0.303 e. The van der Waals surface area contributed by atoms with Crippen LogP contribution in [0.25, 0.3) is 6.08 Å². The van der Waals surface area contributed by atoms with Crippen LogP contribution in [0.3, 0.4) is 0 Å². The summed E-state index contributed by atoms with van der Waals surface area (Å²) in [4.78, 5) is 9.87. The van der Waals surface area contributed by atoms with Crippen molar-refractivity contribution in [2.75, 3.05) is 0 Å². The van der Waals surface area contributed by atoms with Gasteiger partial charge in [0, 0.05) is 24.8 Å². The second kappa shape index (κ2) is 8.77. The maximum absolute atomic E-state index is 12.8. The third kappa shape index (κ3) is 5.87. The number of rotatable bonds is 3. The molecule has 0 aromatic heterocycles. The number of hydrogen-bond donors (Lipinski definition) is 1. The van der Waals surface area contributed by atoms with E-state index in [0.717, 1.165) is 24.3 Å². The fourth-order valence-corrected chi connectivity index (χ4v) is 2.16. The van der Waals surface area contributed by atoms with Gasteiger partial charge in [-0.3, -0.25) is 4.79 Å². The van der Waals surface area contributed by atoms with Gasteiger partial charge in [0.15, 0.2) is 0 Å². The number of hydrazone groups is 1. The topological polar surface area (TPSA) is 41.5 Å². The van der Waals surface area contributed by atoms with E-state index < -0.39 is 23.3 Å². The Morgan fingerprint density at radius 3 is 1.96 bits per heavy atom. The summed E-state index contributed by atoms with van der Waals surface area (Å²) in [5.74, 6) is -2.41. The highest BCUT2D eigenvalue weighted by Gasteiger charge is 2.14. The van der Waals surface area contributed by atoms with E-state index in [1.54, 1.807) is 6.21 Å². The van der Waals surface area contributed by atoms with Gasteiger partial charge in [0.2, 0.25) is 0 Å². The minimum Gasteiger partial charge on any atom is -0.303 e. The van der Waals surface area contributed by atoms with Crippen LogP contribution in [-0.2, 0) is 4.79 Å². The van der Waals surface area contributed by atoms with E-state index in [1.165, 1.54) is 24.3 Å². The van der Waals surface area contributed by atoms with Crippen LogP contribution in [0.4, 0.5) is 17.6 Å². The van der Waals surface area contributed by atoms with Crippen molar-refractivity contribution in [1.82, 2.24) is 5.43 Å². The smallest absolute Gasteiger partial charge is 0.142 e. The second-order valence-corrected chi connectivity index (χ2v) is 5.13. The van der Waals surface area contributed by atoms with Crippen LogP contribution < -0.4 is 5.43 Å². The average Bonchev–Trinajstić information content (AvgIpc) is 3.06. The third-order valence-corrected chi connectivity index (χ3v) is 3.20. The lowest BCUT2D eigenvalue weighted by atomic mass is 10.1. The zero-order chi connectivity index (χ0) is 18.2. The van der Waals surface area contributed by atoms with E-state index in [2.05, 4.69) is 10.5 Å². The van der Waals surface area contributed by atoms with E-state index >= 15 is 0 Å². The van der Waals surface area contributed by atoms with Crippen LogP contribution in [0.5, 0.6) is 0 Å². The lowest BCUT2D eigenvalue weighted by Crippen LogP contribution is -2.10. The number of carbonyl (C=O) groups is 1. The molecule has 0 spiro atoms. The first-order valence-electron chi connectivity index (χ1n) is 7.29. The summed E-state index contributed by atoms with van der Waals surface area (Å²) in [5.41, 5.74) is 3.69. The highest BCUT2D eigenvalue weighted by Crippen LogP contribution is 2.20. The first kappa shape index (κ1) is 18.4. The maximum atomic E-state index is 12.8. The zero-order valence-electron chi connectivity index (χ0n) is 12.9. The first-order chi connectivity index (χ1) is 12.0. The molecule has 3 rings (SSSR count). The van der Waals surface area contributed by atoms with Gasteiger partial charge in [-0.2, -0.15) is 5.10 Å². The van der Waals surface area contributed by atoms with Crippen LogP contribution >= 0.6 is 0 Å². The Kier molecular flexibility index (Phi) is 6.45. The van der Waals surface area contributed by atoms with Crippen molar-refractivity contribution < 1.29 is 22.4 Å². The summed E-state index contributed by atoms with van der Waals surface area (Å²) in [6.07, 6.45) is 5.41. The van der Waals surface area contributed by atoms with Crippen molar-refractivity contribution in [3.63, 3.8) is 0 Å². The number of aldehydes is 1. The number of carbonyl (C=O) groups excluding carboxylic acids is 1. The predicted octanol–water partition coefficient (Wildman–Crippen LogP) is 4.16. The third-order valence-electron chi connectivity index (χ3n) is 3.20. The minimum absolute atomic E-state index is 0.0924. The van der Waals surface area contributed by atoms with E-state index in [-0.39, 0.29) is 6.04 Å². The zero-order valence-corrected chi connectivity index (χ0v) is 12.9. The van der Waals surface area contributed by atoms with Crippen LogP contribution in [0.2, 0.25) is 0 Å². The van der Waals surface area contributed by atoms with Crippen molar-refractivity contribution in [1.29, 1.82) is 0 Å². The highest BCUT2D eigenvalue weighted by molar-refractivity contribution is 5.73. The van der Waals surface area contributed by atoms with E-state index in [1.807, 2.05) is 0 Å². The van der Waals surface area contributed by atoms with Crippen molar-refractivity contribution in [3.05, 3.63) is 76.9 Å². The van der Waals surface area contributed by atoms with Gasteiger partial charge in [-0.1, -0.05) is 6.08 Å². The molecule has 1 N–H and O–H groups in total. The van der Waals surface area contributed by atoms with Crippen molar-refractivity contribution >= 4 is 18.6 Å². The number of nitrogens with one attached hydrogen (secondary N) is 1. The predicted molar refractivity (Wildman–Crippen MR) is 86.8 cm³/mol. The lowest BCUT2D eigenvalue weighted by molar-refractivity contribution is -0.104. The molecule has 0 fully saturated rings. The molecule has 3 nitrogen and oxygen atoms in total. The molecule has 0 bridgehead atoms. The van der Waals surface area contributed by atoms with E-state index in [4.69, 9.17) is 0 Å². The molecule has 7 heteroatoms. The van der Waals surface area contributed by atoms with Crippen molar-refractivity contribution in [2.45, 2.75) is 12.5 Å². The number of benzene rings is 2. The van der Waals surface area contributed by atoms with Gasteiger partial charge < -0.3 is 5.43 Å². The first-order valence-corrected chi connectivity index (χ1v) is 7.29. The molecule has 1 aliphatic rings. The second-order valence-electron chi connectivity index (χ2n) is 5.13. The minimum atomic E-state index is -0.652. The van der Waals surface area contributed by atoms with E-state index in [9.17, 15) is 22.4 Å². The van der Waals surface area contributed by atoms with Crippen molar-refractivity contribution in [2.24, 2.45) is 5.10 Å². The molecule has 130 valence electrons. The molecule has 2 aromatic rings. The van der Waals surface area contributed by atoms with Crippen LogP contribution in [-0.4, -0.2) is 12.5 Å². The van der Waals surface area contributed by atoms with Gasteiger partial charge in [-0.15, -0.1) is 0 Å². The molecule has 1 heterocycles. The molecule has 1 atom stereocenters. The van der Waals surface area contributed by atoms with Crippen LogP contribution in [0, 0.1) is 23.3 Å². The van der Waals surface area contributed by atoms with Crippen LogP contribution in [0.1, 0.15) is 23.6 Å².